The first-order valence-electron chi connectivity index (χ1n) is 16.3. The Morgan fingerprint density at radius 3 is 2.50 bits per heavy atom. The summed E-state index contributed by atoms with van der Waals surface area (Å²) in [4.78, 5) is 25.2. The highest BCUT2D eigenvalue weighted by atomic mass is 32.2. The van der Waals surface area contributed by atoms with E-state index >= 15 is 8.78 Å². The largest absolute Gasteiger partial charge is 0.455 e. The van der Waals surface area contributed by atoms with E-state index in [4.69, 9.17) is 14.4 Å². The average molecular weight is 731 g/mol. The predicted octanol–water partition coefficient (Wildman–Crippen LogP) is 6.83. The van der Waals surface area contributed by atoms with Crippen LogP contribution in [0.4, 0.5) is 23.2 Å². The Hall–Kier alpha value is -5.54. The molecule has 0 unspecified atom stereocenters. The molecule has 1 fully saturated rings. The monoisotopic (exact) mass is 730 g/mol. The number of halogens is 4. The fourth-order valence-electron chi connectivity index (χ4n) is 6.94. The Labute approximate surface area is 294 Å². The van der Waals surface area contributed by atoms with E-state index in [1.54, 1.807) is 34.7 Å². The second-order valence-corrected chi connectivity index (χ2v) is 14.9. The SMILES string of the molecule is CNC(=O)c1c(-c2ccc(F)cc2F)oc2cc(N(C)S(C)(=O)=O)c(-c3ccc4nc(CN5CC[C@@H](F)C5)n5c6cccc(F)c6cc5c4n3)cc12. The van der Waals surface area contributed by atoms with Crippen LogP contribution in [-0.4, -0.2) is 73.2 Å². The number of nitrogens with one attached hydrogen (secondary N) is 1. The third-order valence-electron chi connectivity index (χ3n) is 9.55. The molecule has 0 spiro atoms. The van der Waals surface area contributed by atoms with Crippen LogP contribution in [0.3, 0.4) is 0 Å². The summed E-state index contributed by atoms with van der Waals surface area (Å²) >= 11 is 0. The molecule has 1 N–H and O–H groups in total. The van der Waals surface area contributed by atoms with Crippen molar-refractivity contribution in [2.75, 3.05) is 37.7 Å². The third kappa shape index (κ3) is 5.51. The minimum absolute atomic E-state index is 0.0574. The molecule has 1 amide bonds. The number of furan rings is 1. The van der Waals surface area contributed by atoms with Crippen molar-refractivity contribution in [1.29, 1.82) is 0 Å². The molecule has 0 bridgehead atoms. The number of anilines is 1. The Morgan fingerprint density at radius 1 is 0.981 bits per heavy atom. The number of fused-ring (bicyclic) bond motifs is 6. The number of carbonyl (C=O) groups is 1. The number of rotatable bonds is 7. The second kappa shape index (κ2) is 12.3. The van der Waals surface area contributed by atoms with Crippen LogP contribution >= 0.6 is 0 Å². The molecule has 52 heavy (non-hydrogen) atoms. The van der Waals surface area contributed by atoms with Gasteiger partial charge in [-0.05, 0) is 55.0 Å². The van der Waals surface area contributed by atoms with Crippen LogP contribution in [0.2, 0.25) is 0 Å². The number of alkyl halides is 1. The number of nitrogens with zero attached hydrogens (tertiary/aromatic N) is 5. The van der Waals surface area contributed by atoms with E-state index in [1.165, 1.54) is 32.3 Å². The van der Waals surface area contributed by atoms with Crippen LogP contribution < -0.4 is 9.62 Å². The Bertz CT molecular complexity index is 2730. The molecule has 5 heterocycles. The molecule has 1 saturated heterocycles. The number of carbonyl (C=O) groups excluding carboxylic acids is 1. The molecule has 10 nitrogen and oxygen atoms in total. The van der Waals surface area contributed by atoms with E-state index in [-0.39, 0.29) is 51.3 Å². The highest BCUT2D eigenvalue weighted by molar-refractivity contribution is 7.92. The highest BCUT2D eigenvalue weighted by Gasteiger charge is 2.29. The van der Waals surface area contributed by atoms with Gasteiger partial charge in [0.05, 0.1) is 51.9 Å². The molecule has 0 radical (unpaired) electrons. The molecular weight excluding hydrogens is 701 g/mol. The number of benzene rings is 3. The lowest BCUT2D eigenvalue weighted by molar-refractivity contribution is 0.0964. The normalized spacial score (nSPS) is 15.4. The third-order valence-corrected chi connectivity index (χ3v) is 10.7. The lowest BCUT2D eigenvalue weighted by Gasteiger charge is -2.21. The van der Waals surface area contributed by atoms with Crippen molar-refractivity contribution in [1.82, 2.24) is 24.6 Å². The van der Waals surface area contributed by atoms with Gasteiger partial charge in [-0.15, -0.1) is 0 Å². The van der Waals surface area contributed by atoms with Crippen molar-refractivity contribution in [3.8, 4) is 22.6 Å². The summed E-state index contributed by atoms with van der Waals surface area (Å²) in [5.74, 6) is -2.47. The van der Waals surface area contributed by atoms with Gasteiger partial charge in [0.2, 0.25) is 10.0 Å². The lowest BCUT2D eigenvalue weighted by atomic mass is 10.0. The van der Waals surface area contributed by atoms with E-state index in [1.807, 2.05) is 4.90 Å². The first kappa shape index (κ1) is 33.6. The minimum atomic E-state index is -3.87. The van der Waals surface area contributed by atoms with Crippen molar-refractivity contribution in [2.24, 2.45) is 0 Å². The first-order chi connectivity index (χ1) is 24.8. The maximum absolute atomic E-state index is 15.2. The van der Waals surface area contributed by atoms with Crippen molar-refractivity contribution < 1.29 is 35.2 Å². The summed E-state index contributed by atoms with van der Waals surface area (Å²) in [6.07, 6.45) is 0.490. The van der Waals surface area contributed by atoms with Gasteiger partial charge in [0.15, 0.2) is 5.76 Å². The number of aromatic nitrogens is 3. The number of sulfonamides is 1. The molecule has 1 aliphatic rings. The van der Waals surface area contributed by atoms with Gasteiger partial charge in [-0.2, -0.15) is 0 Å². The summed E-state index contributed by atoms with van der Waals surface area (Å²) < 4.78 is 93.0. The molecule has 1 atom stereocenters. The zero-order valence-corrected chi connectivity index (χ0v) is 28.9. The summed E-state index contributed by atoms with van der Waals surface area (Å²) in [6, 6.07) is 15.6. The van der Waals surface area contributed by atoms with Gasteiger partial charge in [-0.25, -0.2) is 35.9 Å². The van der Waals surface area contributed by atoms with Crippen LogP contribution in [0.25, 0.3) is 61.0 Å². The molecule has 15 heteroatoms. The second-order valence-electron chi connectivity index (χ2n) is 12.9. The number of amides is 1. The van der Waals surface area contributed by atoms with E-state index in [0.717, 1.165) is 22.7 Å². The highest BCUT2D eigenvalue weighted by Crippen LogP contribution is 2.42. The summed E-state index contributed by atoms with van der Waals surface area (Å²) in [6.45, 7) is 1.12. The van der Waals surface area contributed by atoms with Crippen molar-refractivity contribution in [3.05, 3.63) is 95.6 Å². The summed E-state index contributed by atoms with van der Waals surface area (Å²) in [5, 5.41) is 3.08. The van der Waals surface area contributed by atoms with Crippen LogP contribution in [0.5, 0.6) is 0 Å². The van der Waals surface area contributed by atoms with E-state index in [0.29, 0.717) is 58.9 Å². The van der Waals surface area contributed by atoms with Crippen LogP contribution in [0.15, 0.2) is 71.1 Å². The Kier molecular flexibility index (Phi) is 7.95. The maximum Gasteiger partial charge on any atom is 0.255 e. The molecule has 266 valence electrons. The molecule has 8 rings (SSSR count). The summed E-state index contributed by atoms with van der Waals surface area (Å²) in [7, 11) is -1.13. The molecule has 4 aromatic heterocycles. The molecule has 0 saturated carbocycles. The van der Waals surface area contributed by atoms with E-state index < -0.39 is 39.6 Å². The Balaban J connectivity index is 1.40. The molecule has 0 aliphatic carbocycles. The zero-order chi connectivity index (χ0) is 36.6. The van der Waals surface area contributed by atoms with Gasteiger partial charge in [-0.3, -0.25) is 18.4 Å². The van der Waals surface area contributed by atoms with Crippen LogP contribution in [0, 0.1) is 17.5 Å². The van der Waals surface area contributed by atoms with Crippen molar-refractivity contribution >= 4 is 60.0 Å². The fourth-order valence-corrected chi connectivity index (χ4v) is 7.45. The molecule has 3 aromatic carbocycles. The van der Waals surface area contributed by atoms with Crippen molar-refractivity contribution in [3.63, 3.8) is 0 Å². The molecule has 1 aliphatic heterocycles. The quantitative estimate of drug-likeness (QED) is 0.179. The number of likely N-dealkylation sites (tertiary alicyclic amines) is 1. The van der Waals surface area contributed by atoms with Gasteiger partial charge < -0.3 is 9.73 Å². The minimum Gasteiger partial charge on any atom is -0.455 e. The number of hydrogen-bond acceptors (Lipinski definition) is 7. The van der Waals surface area contributed by atoms with E-state index in [2.05, 4.69) is 5.32 Å². The smallest absolute Gasteiger partial charge is 0.255 e. The molecule has 7 aromatic rings. The topological polar surface area (TPSA) is 113 Å². The molecular formula is C37H30F4N6O4S. The standard InChI is InChI=1S/C37H30F4N6O4S/c1-42-37(48)34-24-14-23(30(45(2)52(3,49)50)16-32(24)51-36(34)21-8-7-19(38)13-26(21)41)27-9-10-28-35(44-27)31-15-22-25(40)5-4-6-29(22)47(31)33(43-28)18-46-12-11-20(39)17-46/h4-10,13-16,20H,11-12,17-18H2,1-3H3,(H,42,48)/t20-/m1/s1. The fraction of sp³-hybridized carbons (Fsp3) is 0.216. The average Bonchev–Trinajstić information content (AvgIpc) is 3.82. The number of pyridine rings is 1. The Morgan fingerprint density at radius 2 is 1.79 bits per heavy atom. The van der Waals surface area contributed by atoms with Crippen LogP contribution in [0.1, 0.15) is 22.6 Å². The maximum atomic E-state index is 15.2. The predicted molar refractivity (Wildman–Crippen MR) is 190 cm³/mol. The summed E-state index contributed by atoms with van der Waals surface area (Å²) in [5.41, 5.74) is 2.44. The van der Waals surface area contributed by atoms with Gasteiger partial charge in [-0.1, -0.05) is 6.07 Å². The first-order valence-corrected chi connectivity index (χ1v) is 18.1. The van der Waals surface area contributed by atoms with Gasteiger partial charge in [0.25, 0.3) is 5.91 Å². The van der Waals surface area contributed by atoms with Crippen molar-refractivity contribution in [2.45, 2.75) is 19.1 Å². The lowest BCUT2D eigenvalue weighted by Crippen LogP contribution is -2.25. The zero-order valence-electron chi connectivity index (χ0n) is 28.0. The van der Waals surface area contributed by atoms with Gasteiger partial charge in [0, 0.05) is 55.7 Å². The van der Waals surface area contributed by atoms with Gasteiger partial charge >= 0.3 is 0 Å². The van der Waals surface area contributed by atoms with E-state index in [9.17, 15) is 22.0 Å². The van der Waals surface area contributed by atoms with Gasteiger partial charge in [0.1, 0.15) is 40.5 Å². The van der Waals surface area contributed by atoms with Crippen LogP contribution in [-0.2, 0) is 16.6 Å². The number of hydrogen-bond donors (Lipinski definition) is 1.